The molecule has 1 aromatic rings. The van der Waals surface area contributed by atoms with E-state index in [-0.39, 0.29) is 0 Å². The largest absolute Gasteiger partial charge is 0.223 e. The molecule has 0 amide bonds. The van der Waals surface area contributed by atoms with Crippen molar-refractivity contribution >= 4 is 21.5 Å². The lowest BCUT2D eigenvalue weighted by Gasteiger charge is -2.33. The van der Waals surface area contributed by atoms with Gasteiger partial charge in [0.1, 0.15) is 0 Å². The molecule has 0 saturated heterocycles. The maximum atomic E-state index is 13.1. The molecule has 0 N–H and O–H groups in total. The van der Waals surface area contributed by atoms with Crippen LogP contribution in [0.15, 0.2) is 65.1 Å². The van der Waals surface area contributed by atoms with Crippen molar-refractivity contribution in [2.75, 3.05) is 0 Å². The summed E-state index contributed by atoms with van der Waals surface area (Å²) in [5, 5.41) is -0.445. The molecule has 0 fully saturated rings. The van der Waals surface area contributed by atoms with Crippen molar-refractivity contribution in [3.63, 3.8) is 0 Å². The molecule has 1 aromatic carbocycles. The van der Waals surface area contributed by atoms with Gasteiger partial charge in [-0.1, -0.05) is 48.6 Å². The minimum absolute atomic E-state index is 0.445. The molecule has 0 aliphatic heterocycles. The van der Waals surface area contributed by atoms with Gasteiger partial charge in [-0.25, -0.2) is 8.42 Å². The monoisotopic (exact) mass is 348 g/mol. The fourth-order valence-electron chi connectivity index (χ4n) is 4.51. The van der Waals surface area contributed by atoms with Crippen LogP contribution in [0.5, 0.6) is 0 Å². The van der Waals surface area contributed by atoms with Gasteiger partial charge in [0.2, 0.25) is 0 Å². The highest BCUT2D eigenvalue weighted by Gasteiger charge is 2.32. The molecule has 4 aliphatic rings. The molecule has 4 aliphatic carbocycles. The minimum atomic E-state index is -3.34. The Hall–Kier alpha value is -2.13. The third-order valence-corrected chi connectivity index (χ3v) is 7.80. The van der Waals surface area contributed by atoms with Gasteiger partial charge < -0.3 is 0 Å². The maximum absolute atomic E-state index is 13.1. The third kappa shape index (κ3) is 2.26. The lowest BCUT2D eigenvalue weighted by atomic mass is 9.71. The van der Waals surface area contributed by atoms with Gasteiger partial charge in [0, 0.05) is 5.92 Å². The van der Waals surface area contributed by atoms with E-state index in [2.05, 4.69) is 24.3 Å². The van der Waals surface area contributed by atoms with E-state index < -0.39 is 15.1 Å². The van der Waals surface area contributed by atoms with Gasteiger partial charge >= 0.3 is 0 Å². The Morgan fingerprint density at radius 1 is 0.920 bits per heavy atom. The summed E-state index contributed by atoms with van der Waals surface area (Å²) in [5.41, 5.74) is 6.45. The normalized spacial score (nSPS) is 26.1. The molecule has 2 atom stereocenters. The van der Waals surface area contributed by atoms with Gasteiger partial charge in [-0.15, -0.1) is 0 Å². The SMILES string of the molecule is O=S(=O)(c1cc2c3c(c1)CCC1=C3C(C=C2)CC=C1)C1C=CC=CC1. The predicted molar refractivity (Wildman–Crippen MR) is 102 cm³/mol. The van der Waals surface area contributed by atoms with Crippen molar-refractivity contribution in [3.05, 3.63) is 76.9 Å². The van der Waals surface area contributed by atoms with Gasteiger partial charge in [0.15, 0.2) is 9.84 Å². The molecule has 0 saturated carbocycles. The molecule has 2 nitrogen and oxygen atoms in total. The van der Waals surface area contributed by atoms with Crippen molar-refractivity contribution < 1.29 is 8.42 Å². The number of allylic oxidation sites excluding steroid dienone is 8. The molecular formula is C22H20O2S. The predicted octanol–water partition coefficient (Wildman–Crippen LogP) is 4.65. The molecule has 0 radical (unpaired) electrons. The zero-order valence-corrected chi connectivity index (χ0v) is 14.8. The molecular weight excluding hydrogens is 328 g/mol. The smallest absolute Gasteiger partial charge is 0.185 e. The number of rotatable bonds is 2. The second-order valence-corrected chi connectivity index (χ2v) is 9.39. The van der Waals surface area contributed by atoms with Crippen LogP contribution in [0.25, 0.3) is 11.6 Å². The van der Waals surface area contributed by atoms with Crippen molar-refractivity contribution in [3.8, 4) is 0 Å². The Bertz CT molecular complexity index is 1020. The van der Waals surface area contributed by atoms with Crippen molar-refractivity contribution in [2.24, 2.45) is 5.92 Å². The highest BCUT2D eigenvalue weighted by Crippen LogP contribution is 2.46. The van der Waals surface area contributed by atoms with Crippen LogP contribution < -0.4 is 0 Å². The zero-order chi connectivity index (χ0) is 17.0. The third-order valence-electron chi connectivity index (χ3n) is 5.76. The summed E-state index contributed by atoms with van der Waals surface area (Å²) in [6, 6.07) is 3.83. The van der Waals surface area contributed by atoms with Crippen LogP contribution in [0.1, 0.15) is 36.0 Å². The van der Waals surface area contributed by atoms with Crippen LogP contribution in [-0.2, 0) is 16.3 Å². The topological polar surface area (TPSA) is 34.1 Å². The second-order valence-electron chi connectivity index (χ2n) is 7.22. The average Bonchev–Trinajstić information content (AvgIpc) is 2.66. The first-order chi connectivity index (χ1) is 12.1. The lowest BCUT2D eigenvalue weighted by Crippen LogP contribution is -2.22. The van der Waals surface area contributed by atoms with Gasteiger partial charge in [0.05, 0.1) is 10.1 Å². The van der Waals surface area contributed by atoms with Crippen LogP contribution in [0.3, 0.4) is 0 Å². The Kier molecular flexibility index (Phi) is 3.29. The van der Waals surface area contributed by atoms with E-state index >= 15 is 0 Å². The van der Waals surface area contributed by atoms with Gasteiger partial charge in [-0.05, 0) is 65.7 Å². The van der Waals surface area contributed by atoms with Crippen LogP contribution in [0.2, 0.25) is 0 Å². The van der Waals surface area contributed by atoms with E-state index in [1.807, 2.05) is 30.4 Å². The fraction of sp³-hybridized carbons (Fsp3) is 0.273. The number of hydrogen-bond acceptors (Lipinski definition) is 2. The first-order valence-electron chi connectivity index (χ1n) is 8.97. The summed E-state index contributed by atoms with van der Waals surface area (Å²) in [5.74, 6) is 0.459. The van der Waals surface area contributed by atoms with E-state index in [4.69, 9.17) is 0 Å². The molecule has 0 spiro atoms. The molecule has 0 bridgehead atoms. The van der Waals surface area contributed by atoms with E-state index in [9.17, 15) is 8.42 Å². The molecule has 3 heteroatoms. The van der Waals surface area contributed by atoms with Crippen molar-refractivity contribution in [2.45, 2.75) is 35.8 Å². The molecule has 2 unspecified atom stereocenters. The molecule has 0 heterocycles. The summed E-state index contributed by atoms with van der Waals surface area (Å²) in [6.45, 7) is 0. The fourth-order valence-corrected chi connectivity index (χ4v) is 6.12. The number of sulfone groups is 1. The Morgan fingerprint density at radius 2 is 1.84 bits per heavy atom. The minimum Gasteiger partial charge on any atom is -0.223 e. The molecule has 25 heavy (non-hydrogen) atoms. The summed E-state index contributed by atoms with van der Waals surface area (Å²) >= 11 is 0. The number of aryl methyl sites for hydroxylation is 1. The van der Waals surface area contributed by atoms with Crippen LogP contribution in [0, 0.1) is 5.92 Å². The van der Waals surface area contributed by atoms with Gasteiger partial charge in [-0.2, -0.15) is 0 Å². The zero-order valence-electron chi connectivity index (χ0n) is 14.0. The second kappa shape index (κ2) is 5.43. The summed E-state index contributed by atoms with van der Waals surface area (Å²) < 4.78 is 26.2. The van der Waals surface area contributed by atoms with Crippen molar-refractivity contribution in [1.82, 2.24) is 0 Å². The average molecular weight is 348 g/mol. The first kappa shape index (κ1) is 15.2. The first-order valence-corrected chi connectivity index (χ1v) is 10.5. The standard InChI is InChI=1S/C22H20O2S/c23-25(24,19-7-2-1-3-8-19)20-13-17-11-9-15-5-4-6-16-10-12-18(14-20)22(17)21(15)16/h1-5,7,10,12-14,16,19H,6,8-9,11H2. The van der Waals surface area contributed by atoms with Crippen LogP contribution in [-0.4, -0.2) is 13.7 Å². The van der Waals surface area contributed by atoms with E-state index in [1.165, 1.54) is 22.3 Å². The number of hydrogen-bond donors (Lipinski definition) is 0. The van der Waals surface area contributed by atoms with E-state index in [1.54, 1.807) is 6.08 Å². The lowest BCUT2D eigenvalue weighted by molar-refractivity contribution is 0.588. The van der Waals surface area contributed by atoms with Gasteiger partial charge in [0.25, 0.3) is 0 Å². The molecule has 5 rings (SSSR count). The maximum Gasteiger partial charge on any atom is 0.185 e. The van der Waals surface area contributed by atoms with E-state index in [0.717, 1.165) is 24.8 Å². The summed E-state index contributed by atoms with van der Waals surface area (Å²) in [4.78, 5) is 0.477. The molecule has 126 valence electrons. The van der Waals surface area contributed by atoms with Gasteiger partial charge in [-0.3, -0.25) is 0 Å². The van der Waals surface area contributed by atoms with Crippen LogP contribution >= 0.6 is 0 Å². The van der Waals surface area contributed by atoms with Crippen LogP contribution in [0.4, 0.5) is 0 Å². The Balaban J connectivity index is 1.67. The quantitative estimate of drug-likeness (QED) is 0.780. The molecule has 0 aromatic heterocycles. The summed E-state index contributed by atoms with van der Waals surface area (Å²) in [7, 11) is -3.34. The summed E-state index contributed by atoms with van der Waals surface area (Å²) in [6.07, 6.45) is 19.9. The highest BCUT2D eigenvalue weighted by molar-refractivity contribution is 7.92. The highest BCUT2D eigenvalue weighted by atomic mass is 32.2. The Morgan fingerprint density at radius 3 is 2.68 bits per heavy atom. The van der Waals surface area contributed by atoms with E-state index in [0.29, 0.717) is 17.2 Å². The number of benzene rings is 1. The van der Waals surface area contributed by atoms with Crippen molar-refractivity contribution in [1.29, 1.82) is 0 Å². The Labute approximate surface area is 148 Å².